The molecule has 0 saturated carbocycles. The summed E-state index contributed by atoms with van der Waals surface area (Å²) < 4.78 is 26.4. The van der Waals surface area contributed by atoms with Gasteiger partial charge in [0.1, 0.15) is 18.2 Å². The van der Waals surface area contributed by atoms with Crippen molar-refractivity contribution in [2.75, 3.05) is 20.8 Å². The maximum atomic E-state index is 14.1. The predicted molar refractivity (Wildman–Crippen MR) is 112 cm³/mol. The minimum atomic E-state index is -0.422. The number of halogens is 2. The number of aromatic nitrogens is 1. The lowest BCUT2D eigenvalue weighted by molar-refractivity contribution is -0.671. The number of hydrogen-bond acceptors (Lipinski definition) is 4. The van der Waals surface area contributed by atoms with Crippen molar-refractivity contribution >= 4 is 27.6 Å². The number of methoxy groups -OCH3 is 2. The summed E-state index contributed by atoms with van der Waals surface area (Å²) in [4.78, 5) is 12.0. The minimum absolute atomic E-state index is 0. The third-order valence-corrected chi connectivity index (χ3v) is 5.16. The van der Waals surface area contributed by atoms with E-state index in [2.05, 4.69) is 0 Å². The fourth-order valence-electron chi connectivity index (χ4n) is 3.77. The van der Waals surface area contributed by atoms with E-state index in [1.807, 2.05) is 29.0 Å². The average molecular weight is 486 g/mol. The molecule has 1 N–H and O–H groups in total. The molecular weight excluding hydrogens is 465 g/mol. The number of carbonyl (C=O) groups is 1. The Bertz CT molecular complexity index is 1280. The van der Waals surface area contributed by atoms with E-state index in [0.717, 1.165) is 32.8 Å². The molecule has 7 heteroatoms. The summed E-state index contributed by atoms with van der Waals surface area (Å²) in [6.45, 7) is 0.363. The summed E-state index contributed by atoms with van der Waals surface area (Å²) in [5.74, 6) is -0.138. The Morgan fingerprint density at radius 1 is 1.06 bits per heavy atom. The number of ether oxygens (including phenoxy) is 2. The second-order valence-electron chi connectivity index (χ2n) is 6.92. The van der Waals surface area contributed by atoms with Crippen molar-refractivity contribution in [3.8, 4) is 16.9 Å². The lowest BCUT2D eigenvalue weighted by Crippen LogP contribution is -3.00. The van der Waals surface area contributed by atoms with Crippen LogP contribution in [0.5, 0.6) is 5.75 Å². The van der Waals surface area contributed by atoms with Crippen LogP contribution in [0.1, 0.15) is 10.4 Å². The second kappa shape index (κ2) is 9.41. The lowest BCUT2D eigenvalue weighted by Gasteiger charge is -2.13. The number of nitrogens with zero attached hydrogens (tertiary/aromatic N) is 1. The van der Waals surface area contributed by atoms with E-state index in [0.29, 0.717) is 17.9 Å². The zero-order valence-corrected chi connectivity index (χ0v) is 18.6. The number of pyridine rings is 1. The van der Waals surface area contributed by atoms with Gasteiger partial charge in [-0.1, -0.05) is 12.1 Å². The van der Waals surface area contributed by atoms with E-state index in [1.54, 1.807) is 31.4 Å². The Balaban J connectivity index is 0.00000272. The summed E-state index contributed by atoms with van der Waals surface area (Å²) in [6.07, 6.45) is 1.92. The number of fused-ring (bicyclic) bond motifs is 3. The van der Waals surface area contributed by atoms with Gasteiger partial charge in [0.2, 0.25) is 5.52 Å². The number of benzene rings is 3. The third kappa shape index (κ3) is 4.24. The van der Waals surface area contributed by atoms with Gasteiger partial charge in [-0.25, -0.2) is 9.18 Å². The van der Waals surface area contributed by atoms with Gasteiger partial charge in [-0.3, -0.25) is 0 Å². The molecule has 4 rings (SSSR count). The van der Waals surface area contributed by atoms with Crippen LogP contribution in [0.4, 0.5) is 4.39 Å². The largest absolute Gasteiger partial charge is 1.00 e. The molecule has 0 atom stereocenters. The third-order valence-electron chi connectivity index (χ3n) is 5.16. The zero-order valence-electron chi connectivity index (χ0n) is 17.1. The van der Waals surface area contributed by atoms with E-state index < -0.39 is 5.97 Å². The minimum Gasteiger partial charge on any atom is -1.00 e. The molecule has 0 aliphatic heterocycles. The maximum Gasteiger partial charge on any atom is 0.337 e. The molecule has 0 amide bonds. The first kappa shape index (κ1) is 22.7. The molecule has 1 heterocycles. The van der Waals surface area contributed by atoms with Gasteiger partial charge in [0, 0.05) is 17.0 Å². The molecule has 160 valence electrons. The quantitative estimate of drug-likeness (QED) is 0.259. The van der Waals surface area contributed by atoms with Crippen molar-refractivity contribution in [1.82, 2.24) is 0 Å². The number of aliphatic hydroxyl groups is 1. The van der Waals surface area contributed by atoms with Crippen molar-refractivity contribution < 1.29 is 45.3 Å². The van der Waals surface area contributed by atoms with E-state index in [4.69, 9.17) is 9.47 Å². The molecular formula is C24H21BrFNO4. The number of rotatable bonds is 5. The molecule has 0 unspecified atom stereocenters. The van der Waals surface area contributed by atoms with Crippen LogP contribution in [0.3, 0.4) is 0 Å². The van der Waals surface area contributed by atoms with Crippen LogP contribution in [0.2, 0.25) is 0 Å². The summed E-state index contributed by atoms with van der Waals surface area (Å²) in [6, 6.07) is 15.5. The highest BCUT2D eigenvalue weighted by molar-refractivity contribution is 6.06. The number of hydrogen-bond donors (Lipinski definition) is 1. The van der Waals surface area contributed by atoms with Gasteiger partial charge in [0.15, 0.2) is 12.7 Å². The van der Waals surface area contributed by atoms with Crippen molar-refractivity contribution in [3.05, 3.63) is 72.2 Å². The molecule has 0 fully saturated rings. The molecule has 0 aliphatic carbocycles. The molecule has 5 nitrogen and oxygen atoms in total. The van der Waals surface area contributed by atoms with Crippen molar-refractivity contribution in [1.29, 1.82) is 0 Å². The number of aliphatic hydroxyl groups excluding tert-OH is 1. The highest BCUT2D eigenvalue weighted by atomic mass is 79.9. The fourth-order valence-corrected chi connectivity index (χ4v) is 3.77. The van der Waals surface area contributed by atoms with Crippen molar-refractivity contribution in [2.24, 2.45) is 0 Å². The van der Waals surface area contributed by atoms with Crippen LogP contribution in [0.15, 0.2) is 60.8 Å². The lowest BCUT2D eigenvalue weighted by atomic mass is 9.97. The first-order chi connectivity index (χ1) is 14.5. The van der Waals surface area contributed by atoms with Crippen LogP contribution >= 0.6 is 0 Å². The zero-order chi connectivity index (χ0) is 21.3. The first-order valence-electron chi connectivity index (χ1n) is 9.48. The van der Waals surface area contributed by atoms with E-state index in [-0.39, 0.29) is 29.4 Å². The highest BCUT2D eigenvalue weighted by Crippen LogP contribution is 2.36. The Hall–Kier alpha value is -3.03. The van der Waals surface area contributed by atoms with Crippen LogP contribution < -0.4 is 26.3 Å². The summed E-state index contributed by atoms with van der Waals surface area (Å²) in [5, 5.41) is 11.9. The Morgan fingerprint density at radius 2 is 1.87 bits per heavy atom. The Morgan fingerprint density at radius 3 is 2.58 bits per heavy atom. The van der Waals surface area contributed by atoms with Crippen molar-refractivity contribution in [3.63, 3.8) is 0 Å². The highest BCUT2D eigenvalue weighted by Gasteiger charge is 2.18. The van der Waals surface area contributed by atoms with Gasteiger partial charge < -0.3 is 31.6 Å². The summed E-state index contributed by atoms with van der Waals surface area (Å²) >= 11 is 0. The Labute approximate surface area is 189 Å². The molecule has 3 aromatic carbocycles. The van der Waals surface area contributed by atoms with E-state index in [1.165, 1.54) is 19.2 Å². The van der Waals surface area contributed by atoms with Crippen LogP contribution in [-0.4, -0.2) is 31.9 Å². The average Bonchev–Trinajstić information content (AvgIpc) is 2.78. The molecule has 0 aliphatic rings. The standard InChI is InChI=1S/C24H21FNO4.BrH/c1-29-23-11-17-14-26(8-9-27)22-7-6-18(25)12-21(22)19(17)13-20(23)15-4-3-5-16(10-15)24(28)30-2;/h3-7,10-14,27H,8-9H2,1-2H3;1H/q+1;/p-1. The maximum absolute atomic E-state index is 14.1. The molecule has 0 saturated heterocycles. The molecule has 4 aromatic rings. The van der Waals surface area contributed by atoms with Gasteiger partial charge in [-0.05, 0) is 42.0 Å². The number of esters is 1. The topological polar surface area (TPSA) is 59.6 Å². The van der Waals surface area contributed by atoms with E-state index >= 15 is 0 Å². The fraction of sp³-hybridized carbons (Fsp3) is 0.167. The molecule has 0 spiro atoms. The number of carbonyl (C=O) groups excluding carboxylic acids is 1. The van der Waals surface area contributed by atoms with Crippen LogP contribution in [-0.2, 0) is 11.3 Å². The summed E-state index contributed by atoms with van der Waals surface area (Å²) in [7, 11) is 2.92. The normalized spacial score (nSPS) is 10.7. The molecule has 0 bridgehead atoms. The second-order valence-corrected chi connectivity index (χ2v) is 6.92. The van der Waals surface area contributed by atoms with Crippen LogP contribution in [0.25, 0.3) is 32.8 Å². The molecule has 0 radical (unpaired) electrons. The van der Waals surface area contributed by atoms with Gasteiger partial charge in [0.05, 0.1) is 30.6 Å². The van der Waals surface area contributed by atoms with E-state index in [9.17, 15) is 14.3 Å². The predicted octanol–water partition coefficient (Wildman–Crippen LogP) is 0.878. The molecule has 31 heavy (non-hydrogen) atoms. The van der Waals surface area contributed by atoms with Crippen molar-refractivity contribution in [2.45, 2.75) is 6.54 Å². The molecule has 1 aromatic heterocycles. The van der Waals surface area contributed by atoms with Crippen LogP contribution in [0, 0.1) is 5.82 Å². The van der Waals surface area contributed by atoms with Gasteiger partial charge in [-0.15, -0.1) is 0 Å². The van der Waals surface area contributed by atoms with Gasteiger partial charge in [0.25, 0.3) is 0 Å². The van der Waals surface area contributed by atoms with Gasteiger partial charge in [-0.2, -0.15) is 4.57 Å². The summed E-state index contributed by atoms with van der Waals surface area (Å²) in [5.41, 5.74) is 2.81. The first-order valence-corrected chi connectivity index (χ1v) is 9.48. The SMILES string of the molecule is COC(=O)c1cccc(-c2cc3c(cc2OC)c[n+](CCO)c2ccc(F)cc32)c1.[Br-]. The van der Waals surface area contributed by atoms with Gasteiger partial charge >= 0.3 is 5.97 Å². The monoisotopic (exact) mass is 485 g/mol. The Kier molecular flexibility index (Phi) is 6.87. The smallest absolute Gasteiger partial charge is 0.337 e.